The molecule has 0 saturated heterocycles. The van der Waals surface area contributed by atoms with Gasteiger partial charge in [-0.2, -0.15) is 0 Å². The van der Waals surface area contributed by atoms with E-state index in [-0.39, 0.29) is 31.7 Å². The predicted octanol–water partition coefficient (Wildman–Crippen LogP) is 2.72. The van der Waals surface area contributed by atoms with Gasteiger partial charge >= 0.3 is 0 Å². The molecule has 0 heterocycles. The van der Waals surface area contributed by atoms with Gasteiger partial charge in [-0.05, 0) is 30.4 Å². The molecule has 0 bridgehead atoms. The number of para-hydroxylation sites is 1. The summed E-state index contributed by atoms with van der Waals surface area (Å²) in [5.41, 5.74) is 1.18. The van der Waals surface area contributed by atoms with Gasteiger partial charge < -0.3 is 20.3 Å². The van der Waals surface area contributed by atoms with Crippen LogP contribution in [0.3, 0.4) is 0 Å². The number of hydrogen-bond donors (Lipinski definition) is 3. The average molecular weight is 332 g/mol. The van der Waals surface area contributed by atoms with Crippen LogP contribution in [-0.4, -0.2) is 42.1 Å². The van der Waals surface area contributed by atoms with Crippen LogP contribution in [0.2, 0.25) is 0 Å². The maximum absolute atomic E-state index is 9.97. The second-order valence-corrected chi connectivity index (χ2v) is 5.51. The van der Waals surface area contributed by atoms with E-state index >= 15 is 0 Å². The summed E-state index contributed by atoms with van der Waals surface area (Å²) >= 11 is 0. The minimum absolute atomic E-state index is 0. The van der Waals surface area contributed by atoms with Gasteiger partial charge in [-0.3, -0.25) is 0 Å². The van der Waals surface area contributed by atoms with E-state index in [1.165, 1.54) is 5.56 Å². The second kappa shape index (κ2) is 11.7. The monoisotopic (exact) mass is 331 g/mol. The molecule has 0 saturated carbocycles. The topological polar surface area (TPSA) is 61.7 Å². The smallest absolute Gasteiger partial charge is 0.122 e. The molecule has 22 heavy (non-hydrogen) atoms. The first-order valence-corrected chi connectivity index (χ1v) is 7.86. The zero-order valence-corrected chi connectivity index (χ0v) is 14.6. The van der Waals surface area contributed by atoms with Gasteiger partial charge in [-0.15, -0.1) is 12.4 Å². The molecule has 3 N–H and O–H groups in total. The molecule has 1 aromatic rings. The molecule has 1 rings (SSSR count). The molecule has 0 aliphatic carbocycles. The maximum atomic E-state index is 9.97. The largest absolute Gasteiger partial charge is 0.491 e. The first kappa shape index (κ1) is 21.2. The van der Waals surface area contributed by atoms with Crippen molar-refractivity contribution in [3.8, 4) is 5.75 Å². The molecule has 0 spiro atoms. The van der Waals surface area contributed by atoms with Crippen molar-refractivity contribution in [3.63, 3.8) is 0 Å². The Morgan fingerprint density at radius 3 is 2.45 bits per heavy atom. The summed E-state index contributed by atoms with van der Waals surface area (Å²) in [5, 5.41) is 22.2. The van der Waals surface area contributed by atoms with Gasteiger partial charge in [0.25, 0.3) is 0 Å². The van der Waals surface area contributed by atoms with Crippen LogP contribution in [0.15, 0.2) is 24.3 Å². The molecular weight excluding hydrogens is 302 g/mol. The van der Waals surface area contributed by atoms with Crippen molar-refractivity contribution in [1.29, 1.82) is 0 Å². The molecule has 0 fully saturated rings. The minimum atomic E-state index is -0.587. The lowest BCUT2D eigenvalue weighted by atomic mass is 9.98. The van der Waals surface area contributed by atoms with Crippen LogP contribution in [0.1, 0.15) is 45.1 Å². The van der Waals surface area contributed by atoms with Crippen LogP contribution >= 0.6 is 12.4 Å². The highest BCUT2D eigenvalue weighted by molar-refractivity contribution is 5.85. The van der Waals surface area contributed by atoms with Crippen molar-refractivity contribution < 1.29 is 14.9 Å². The minimum Gasteiger partial charge on any atom is -0.491 e. The fourth-order valence-corrected chi connectivity index (χ4v) is 2.12. The van der Waals surface area contributed by atoms with E-state index in [2.05, 4.69) is 25.2 Å². The van der Waals surface area contributed by atoms with E-state index < -0.39 is 6.10 Å². The van der Waals surface area contributed by atoms with E-state index in [1.54, 1.807) is 0 Å². The Balaban J connectivity index is 0.00000441. The molecule has 0 aliphatic rings. The fourth-order valence-electron chi connectivity index (χ4n) is 2.12. The molecular formula is C17H30ClNO3. The standard InChI is InChI=1S/C17H29NO3.ClH/c1-4-13(3)16-8-6-7-9-17(16)21-12-15(20)10-18-14(5-2)11-19;/h6-9,13-15,18-20H,4-5,10-12H2,1-3H3;1H. The zero-order chi connectivity index (χ0) is 15.7. The van der Waals surface area contributed by atoms with Gasteiger partial charge in [0, 0.05) is 12.6 Å². The van der Waals surface area contributed by atoms with Gasteiger partial charge in [0.05, 0.1) is 6.61 Å². The molecule has 4 nitrogen and oxygen atoms in total. The first-order valence-electron chi connectivity index (χ1n) is 7.86. The summed E-state index contributed by atoms with van der Waals surface area (Å²) in [6.07, 6.45) is 1.30. The Labute approximate surface area is 140 Å². The molecule has 1 aromatic carbocycles. The Morgan fingerprint density at radius 1 is 1.18 bits per heavy atom. The van der Waals surface area contributed by atoms with Crippen molar-refractivity contribution in [1.82, 2.24) is 5.32 Å². The number of aliphatic hydroxyl groups is 2. The van der Waals surface area contributed by atoms with Gasteiger partial charge in [0.1, 0.15) is 18.5 Å². The lowest BCUT2D eigenvalue weighted by molar-refractivity contribution is 0.0988. The lowest BCUT2D eigenvalue weighted by Gasteiger charge is -2.20. The van der Waals surface area contributed by atoms with Crippen LogP contribution in [0.5, 0.6) is 5.75 Å². The highest BCUT2D eigenvalue weighted by Crippen LogP contribution is 2.28. The van der Waals surface area contributed by atoms with Crippen LogP contribution < -0.4 is 10.1 Å². The Kier molecular flexibility index (Phi) is 11.3. The number of halogens is 1. The number of nitrogens with one attached hydrogen (secondary N) is 1. The Hall–Kier alpha value is -0.810. The van der Waals surface area contributed by atoms with Crippen molar-refractivity contribution in [2.45, 2.75) is 51.7 Å². The predicted molar refractivity (Wildman–Crippen MR) is 93.1 cm³/mol. The van der Waals surface area contributed by atoms with Crippen LogP contribution in [0.25, 0.3) is 0 Å². The summed E-state index contributed by atoms with van der Waals surface area (Å²) in [7, 11) is 0. The molecule has 0 aromatic heterocycles. The van der Waals surface area contributed by atoms with Crippen LogP contribution in [0, 0.1) is 0 Å². The molecule has 128 valence electrons. The molecule has 3 unspecified atom stereocenters. The van der Waals surface area contributed by atoms with Crippen LogP contribution in [0.4, 0.5) is 0 Å². The normalized spacial score (nSPS) is 14.8. The molecule has 0 amide bonds. The molecule has 3 atom stereocenters. The van der Waals surface area contributed by atoms with Crippen molar-refractivity contribution in [3.05, 3.63) is 29.8 Å². The third-order valence-electron chi connectivity index (χ3n) is 3.85. The van der Waals surface area contributed by atoms with Crippen molar-refractivity contribution in [2.75, 3.05) is 19.8 Å². The fraction of sp³-hybridized carbons (Fsp3) is 0.647. The quantitative estimate of drug-likeness (QED) is 0.617. The van der Waals surface area contributed by atoms with E-state index in [4.69, 9.17) is 9.84 Å². The second-order valence-electron chi connectivity index (χ2n) is 5.51. The summed E-state index contributed by atoms with van der Waals surface area (Å²) < 4.78 is 5.77. The van der Waals surface area contributed by atoms with Gasteiger partial charge in [-0.1, -0.05) is 39.0 Å². The number of ether oxygens (including phenoxy) is 1. The molecule has 0 radical (unpaired) electrons. The number of benzene rings is 1. The number of rotatable bonds is 10. The van der Waals surface area contributed by atoms with E-state index in [0.717, 1.165) is 18.6 Å². The van der Waals surface area contributed by atoms with E-state index in [0.29, 0.717) is 12.5 Å². The third kappa shape index (κ3) is 6.97. The summed E-state index contributed by atoms with van der Waals surface area (Å²) in [4.78, 5) is 0. The number of hydrogen-bond acceptors (Lipinski definition) is 4. The van der Waals surface area contributed by atoms with Crippen molar-refractivity contribution >= 4 is 12.4 Å². The van der Waals surface area contributed by atoms with Crippen LogP contribution in [-0.2, 0) is 0 Å². The molecule has 5 heteroatoms. The molecule has 0 aliphatic heterocycles. The Morgan fingerprint density at radius 2 is 1.86 bits per heavy atom. The third-order valence-corrected chi connectivity index (χ3v) is 3.85. The Bertz CT molecular complexity index is 399. The van der Waals surface area contributed by atoms with E-state index in [9.17, 15) is 5.11 Å². The average Bonchev–Trinajstić information content (AvgIpc) is 2.53. The van der Waals surface area contributed by atoms with Crippen molar-refractivity contribution in [2.24, 2.45) is 0 Å². The maximum Gasteiger partial charge on any atom is 0.122 e. The van der Waals surface area contributed by atoms with Gasteiger partial charge in [0.15, 0.2) is 0 Å². The highest BCUT2D eigenvalue weighted by atomic mass is 35.5. The number of aliphatic hydroxyl groups excluding tert-OH is 2. The SMILES string of the molecule is CCC(CO)NCC(O)COc1ccccc1C(C)CC.Cl. The lowest BCUT2D eigenvalue weighted by Crippen LogP contribution is -2.39. The van der Waals surface area contributed by atoms with E-state index in [1.807, 2.05) is 25.1 Å². The highest BCUT2D eigenvalue weighted by Gasteiger charge is 2.12. The summed E-state index contributed by atoms with van der Waals surface area (Å²) in [6.45, 7) is 7.08. The first-order chi connectivity index (χ1) is 10.1. The summed E-state index contributed by atoms with van der Waals surface area (Å²) in [6, 6.07) is 8.02. The summed E-state index contributed by atoms with van der Waals surface area (Å²) in [5.74, 6) is 1.29. The van der Waals surface area contributed by atoms with Gasteiger partial charge in [-0.25, -0.2) is 0 Å². The zero-order valence-electron chi connectivity index (χ0n) is 13.8. The van der Waals surface area contributed by atoms with Gasteiger partial charge in [0.2, 0.25) is 0 Å².